The predicted molar refractivity (Wildman–Crippen MR) is 58.8 cm³/mol. The highest BCUT2D eigenvalue weighted by molar-refractivity contribution is 5.69. The maximum absolute atomic E-state index is 5.63. The first-order valence-corrected chi connectivity index (χ1v) is 5.23. The molecule has 1 aliphatic rings. The monoisotopic (exact) mass is 205 g/mol. The molecule has 1 aromatic carbocycles. The predicted octanol–water partition coefficient (Wildman–Crippen LogP) is 2.54. The molecule has 2 atom stereocenters. The van der Waals surface area contributed by atoms with Crippen LogP contribution in [0.3, 0.4) is 0 Å². The molecule has 0 spiro atoms. The van der Waals surface area contributed by atoms with E-state index in [0.717, 1.165) is 5.56 Å². The lowest BCUT2D eigenvalue weighted by molar-refractivity contribution is 0.132. The number of nitrogens with zero attached hydrogens (tertiary/aromatic N) is 1. The van der Waals surface area contributed by atoms with Crippen LogP contribution in [-0.2, 0) is 9.47 Å². The van der Waals surface area contributed by atoms with Crippen LogP contribution in [0.1, 0.15) is 25.5 Å². The quantitative estimate of drug-likeness (QED) is 0.742. The van der Waals surface area contributed by atoms with Crippen LogP contribution in [0.4, 0.5) is 0 Å². The second-order valence-electron chi connectivity index (χ2n) is 3.52. The van der Waals surface area contributed by atoms with Crippen LogP contribution >= 0.6 is 0 Å². The normalized spacial score (nSPS) is 24.5. The molecule has 0 bridgehead atoms. The molecule has 3 heteroatoms. The zero-order valence-corrected chi connectivity index (χ0v) is 9.01. The molecule has 0 aliphatic carbocycles. The first-order valence-electron chi connectivity index (χ1n) is 5.23. The summed E-state index contributed by atoms with van der Waals surface area (Å²) in [5.74, 6) is 0. The Kier molecular flexibility index (Phi) is 2.90. The minimum Gasteiger partial charge on any atom is -0.451 e. The van der Waals surface area contributed by atoms with Crippen LogP contribution in [0.25, 0.3) is 0 Å². The van der Waals surface area contributed by atoms with Crippen molar-refractivity contribution in [3.05, 3.63) is 35.9 Å². The Balaban J connectivity index is 2.09. The summed E-state index contributed by atoms with van der Waals surface area (Å²) < 4.78 is 10.9. The molecule has 0 unspecified atom stereocenters. The highest BCUT2D eigenvalue weighted by Gasteiger charge is 2.29. The maximum Gasteiger partial charge on any atom is 0.384 e. The zero-order valence-electron chi connectivity index (χ0n) is 9.01. The molecular weight excluding hydrogens is 190 g/mol. The van der Waals surface area contributed by atoms with Gasteiger partial charge in [-0.05, 0) is 19.4 Å². The van der Waals surface area contributed by atoms with Gasteiger partial charge in [-0.25, -0.2) is 4.99 Å². The van der Waals surface area contributed by atoms with Gasteiger partial charge in [0.15, 0.2) is 6.10 Å². The van der Waals surface area contributed by atoms with E-state index in [-0.39, 0.29) is 12.1 Å². The fourth-order valence-corrected chi connectivity index (χ4v) is 1.66. The summed E-state index contributed by atoms with van der Waals surface area (Å²) in [5.41, 5.74) is 1.14. The van der Waals surface area contributed by atoms with Gasteiger partial charge in [-0.15, -0.1) is 0 Å². The van der Waals surface area contributed by atoms with E-state index in [1.807, 2.05) is 44.2 Å². The minimum absolute atomic E-state index is 0.00671. The molecule has 15 heavy (non-hydrogen) atoms. The van der Waals surface area contributed by atoms with Crippen LogP contribution in [0.5, 0.6) is 0 Å². The molecule has 1 heterocycles. The van der Waals surface area contributed by atoms with E-state index in [1.165, 1.54) is 0 Å². The molecule has 2 rings (SSSR count). The zero-order chi connectivity index (χ0) is 10.7. The summed E-state index contributed by atoms with van der Waals surface area (Å²) in [5, 5.41) is 0. The van der Waals surface area contributed by atoms with Crippen LogP contribution in [0.15, 0.2) is 35.3 Å². The molecule has 1 aliphatic heterocycles. The highest BCUT2D eigenvalue weighted by atomic mass is 16.7. The van der Waals surface area contributed by atoms with Gasteiger partial charge in [0.2, 0.25) is 0 Å². The lowest BCUT2D eigenvalue weighted by Crippen LogP contribution is -2.11. The summed E-state index contributed by atoms with van der Waals surface area (Å²) in [6.45, 7) is 4.54. The number of ether oxygens (including phenoxy) is 2. The lowest BCUT2D eigenvalue weighted by atomic mass is 10.0. The topological polar surface area (TPSA) is 30.8 Å². The Labute approximate surface area is 89.7 Å². The van der Waals surface area contributed by atoms with Crippen LogP contribution in [-0.4, -0.2) is 18.7 Å². The molecule has 0 fully saturated rings. The van der Waals surface area contributed by atoms with Crippen molar-refractivity contribution in [2.45, 2.75) is 26.0 Å². The van der Waals surface area contributed by atoms with Crippen molar-refractivity contribution < 1.29 is 9.47 Å². The van der Waals surface area contributed by atoms with Gasteiger partial charge in [-0.3, -0.25) is 0 Å². The summed E-state index contributed by atoms with van der Waals surface area (Å²) in [6, 6.07) is 10.2. The van der Waals surface area contributed by atoms with E-state index < -0.39 is 0 Å². The van der Waals surface area contributed by atoms with Gasteiger partial charge in [-0.2, -0.15) is 0 Å². The summed E-state index contributed by atoms with van der Waals surface area (Å²) in [7, 11) is 0. The third-order valence-corrected chi connectivity index (χ3v) is 2.37. The fourth-order valence-electron chi connectivity index (χ4n) is 1.66. The van der Waals surface area contributed by atoms with Gasteiger partial charge in [0, 0.05) is 0 Å². The average Bonchev–Trinajstić information content (AvgIpc) is 2.61. The van der Waals surface area contributed by atoms with Gasteiger partial charge in [0.25, 0.3) is 0 Å². The molecule has 80 valence electrons. The molecule has 0 radical (unpaired) electrons. The largest absolute Gasteiger partial charge is 0.451 e. The third-order valence-electron chi connectivity index (χ3n) is 2.37. The van der Waals surface area contributed by atoms with E-state index in [0.29, 0.717) is 12.7 Å². The first kappa shape index (κ1) is 10.0. The molecule has 0 saturated heterocycles. The molecule has 0 N–H and O–H groups in total. The Morgan fingerprint density at radius 2 is 2.07 bits per heavy atom. The Hall–Kier alpha value is -1.51. The molecule has 0 aromatic heterocycles. The van der Waals surface area contributed by atoms with Gasteiger partial charge >= 0.3 is 6.08 Å². The lowest BCUT2D eigenvalue weighted by Gasteiger charge is -2.14. The minimum atomic E-state index is -0.00671. The number of hydrogen-bond acceptors (Lipinski definition) is 3. The van der Waals surface area contributed by atoms with Gasteiger partial charge in [-0.1, -0.05) is 30.3 Å². The third kappa shape index (κ3) is 2.12. The highest BCUT2D eigenvalue weighted by Crippen LogP contribution is 2.28. The molecule has 0 amide bonds. The van der Waals surface area contributed by atoms with Crippen molar-refractivity contribution >= 4 is 6.08 Å². The molecule has 3 nitrogen and oxygen atoms in total. The average molecular weight is 205 g/mol. The van der Waals surface area contributed by atoms with Crippen molar-refractivity contribution in [2.75, 3.05) is 6.61 Å². The fraction of sp³-hybridized carbons (Fsp3) is 0.417. The Bertz CT molecular complexity index is 348. The van der Waals surface area contributed by atoms with Crippen molar-refractivity contribution in [3.8, 4) is 0 Å². The first-order chi connectivity index (χ1) is 7.31. The van der Waals surface area contributed by atoms with E-state index >= 15 is 0 Å². The van der Waals surface area contributed by atoms with Gasteiger partial charge < -0.3 is 9.47 Å². The van der Waals surface area contributed by atoms with Crippen LogP contribution in [0.2, 0.25) is 0 Å². The smallest absolute Gasteiger partial charge is 0.384 e. The number of aliphatic imine (C=N–C) groups is 1. The SMILES string of the molecule is CCOC1=N[C@H](C)[C@@H](c2ccccc2)O1. The molecular formula is C12H15NO2. The van der Waals surface area contributed by atoms with Crippen LogP contribution < -0.4 is 0 Å². The molecule has 0 saturated carbocycles. The van der Waals surface area contributed by atoms with E-state index in [1.54, 1.807) is 0 Å². The second-order valence-corrected chi connectivity index (χ2v) is 3.52. The molecule has 1 aromatic rings. The Morgan fingerprint density at radius 1 is 1.33 bits per heavy atom. The summed E-state index contributed by atoms with van der Waals surface area (Å²) >= 11 is 0. The number of rotatable bonds is 2. The maximum atomic E-state index is 5.63. The van der Waals surface area contributed by atoms with E-state index in [2.05, 4.69) is 4.99 Å². The van der Waals surface area contributed by atoms with Gasteiger partial charge in [0.1, 0.15) is 0 Å². The summed E-state index contributed by atoms with van der Waals surface area (Å²) in [6.07, 6.45) is 0.409. The Morgan fingerprint density at radius 3 is 2.73 bits per heavy atom. The number of hydrogen-bond donors (Lipinski definition) is 0. The summed E-state index contributed by atoms with van der Waals surface area (Å²) in [4.78, 5) is 4.31. The van der Waals surface area contributed by atoms with Crippen molar-refractivity contribution in [3.63, 3.8) is 0 Å². The second kappa shape index (κ2) is 4.34. The van der Waals surface area contributed by atoms with E-state index in [9.17, 15) is 0 Å². The van der Waals surface area contributed by atoms with Crippen molar-refractivity contribution in [1.29, 1.82) is 0 Å². The van der Waals surface area contributed by atoms with Crippen molar-refractivity contribution in [2.24, 2.45) is 4.99 Å². The van der Waals surface area contributed by atoms with Crippen molar-refractivity contribution in [1.82, 2.24) is 0 Å². The van der Waals surface area contributed by atoms with Gasteiger partial charge in [0.05, 0.1) is 12.6 Å². The number of benzene rings is 1. The van der Waals surface area contributed by atoms with Crippen LogP contribution in [0, 0.1) is 0 Å². The standard InChI is InChI=1S/C12H15NO2/c1-3-14-12-13-9(2)11(15-12)10-7-5-4-6-8-10/h4-9,11H,3H2,1-2H3/t9-,11+/m1/s1. The van der Waals surface area contributed by atoms with E-state index in [4.69, 9.17) is 9.47 Å².